The van der Waals surface area contributed by atoms with Gasteiger partial charge in [0.25, 0.3) is 0 Å². The van der Waals surface area contributed by atoms with E-state index in [1.807, 2.05) is 133 Å². The van der Waals surface area contributed by atoms with E-state index in [1.54, 1.807) is 20.8 Å². The minimum Gasteiger partial charge on any atom is -0.465 e. The number of alkyl halides is 3. The second-order valence-electron chi connectivity index (χ2n) is 21.4. The Morgan fingerprint density at radius 2 is 0.469 bits per heavy atom. The predicted octanol–water partition coefficient (Wildman–Crippen LogP) is 18.6. The highest BCUT2D eigenvalue weighted by Crippen LogP contribution is 2.35. The van der Waals surface area contributed by atoms with Gasteiger partial charge in [-0.2, -0.15) is 0 Å². The zero-order chi connectivity index (χ0) is 68.3. The van der Waals surface area contributed by atoms with Gasteiger partial charge in [0.1, 0.15) is 31.7 Å². The van der Waals surface area contributed by atoms with Crippen molar-refractivity contribution in [2.75, 3.05) is 19.8 Å². The number of esters is 6. The predicted molar refractivity (Wildman–Crippen MR) is 391 cm³/mol. The minimum absolute atomic E-state index is 0.185. The monoisotopic (exact) mass is 1540 g/mol. The molecule has 3 atom stereocenters. The number of unbranched alkanes of at least 4 members (excludes halogenated alkanes) is 3. The first-order valence-electron chi connectivity index (χ1n) is 31.5. The van der Waals surface area contributed by atoms with Gasteiger partial charge < -0.3 is 28.4 Å². The number of hydrogen-bond donors (Lipinski definition) is 0. The largest absolute Gasteiger partial charge is 0.465 e. The Labute approximate surface area is 597 Å². The third-order valence-electron chi connectivity index (χ3n) is 13.8. The summed E-state index contributed by atoms with van der Waals surface area (Å²) in [6, 6.07) is 85.6. The third kappa shape index (κ3) is 26.4. The van der Waals surface area contributed by atoms with E-state index in [4.69, 9.17) is 28.4 Å². The van der Waals surface area contributed by atoms with Crippen molar-refractivity contribution in [1.82, 2.24) is 0 Å². The van der Waals surface area contributed by atoms with Crippen molar-refractivity contribution < 1.29 is 57.2 Å². The normalized spacial score (nSPS) is 11.7. The molecule has 9 aromatic rings. The number of ether oxygens (including phenoxy) is 6. The molecule has 0 aliphatic carbocycles. The van der Waals surface area contributed by atoms with E-state index >= 15 is 0 Å². The van der Waals surface area contributed by atoms with E-state index < -0.39 is 0 Å². The van der Waals surface area contributed by atoms with Gasteiger partial charge in [0.2, 0.25) is 0 Å². The summed E-state index contributed by atoms with van der Waals surface area (Å²) in [6.07, 6.45) is 4.68. The van der Waals surface area contributed by atoms with Crippen molar-refractivity contribution in [3.05, 3.63) is 255 Å². The molecule has 0 aromatic heterocycles. The van der Waals surface area contributed by atoms with E-state index in [0.29, 0.717) is 62.6 Å². The topological polar surface area (TPSA) is 158 Å². The molecule has 0 bridgehead atoms. The number of halogens is 3. The Kier molecular flexibility index (Phi) is 33.2. The molecule has 0 saturated heterocycles. The molecule has 0 aliphatic heterocycles. The van der Waals surface area contributed by atoms with Crippen LogP contribution in [-0.2, 0) is 75.7 Å². The maximum Gasteiger partial charge on any atom is 0.319 e. The fourth-order valence-electron chi connectivity index (χ4n) is 9.04. The summed E-state index contributed by atoms with van der Waals surface area (Å²) in [4.78, 5) is 80.5. The Morgan fingerprint density at radius 3 is 0.708 bits per heavy atom. The molecule has 0 radical (unpaired) electrons. The number of rotatable bonds is 30. The lowest BCUT2D eigenvalue weighted by molar-refractivity contribution is -0.144. The van der Waals surface area contributed by atoms with Crippen LogP contribution in [0.5, 0.6) is 17.2 Å². The first kappa shape index (κ1) is 75.7. The molecule has 0 spiro atoms. The average molecular weight is 1540 g/mol. The van der Waals surface area contributed by atoms with Crippen molar-refractivity contribution in [1.29, 1.82) is 0 Å². The summed E-state index contributed by atoms with van der Waals surface area (Å²) in [5.74, 6) is -0.196. The molecule has 12 nitrogen and oxygen atoms in total. The van der Waals surface area contributed by atoms with Gasteiger partial charge in [-0.15, -0.1) is 0 Å². The van der Waals surface area contributed by atoms with E-state index in [9.17, 15) is 28.8 Å². The molecule has 0 saturated carbocycles. The third-order valence-corrected chi connectivity index (χ3v) is 21.6. The van der Waals surface area contributed by atoms with Gasteiger partial charge in [-0.3, -0.25) is 28.8 Å². The smallest absolute Gasteiger partial charge is 0.319 e. The Hall–Kier alpha value is -7.71. The summed E-state index contributed by atoms with van der Waals surface area (Å²) < 4.78 is 31.6. The Bertz CT molecular complexity index is 3650. The molecule has 0 fully saturated rings. The van der Waals surface area contributed by atoms with E-state index in [2.05, 4.69) is 169 Å². The lowest BCUT2D eigenvalue weighted by atomic mass is 10.2. The minimum atomic E-state index is -0.353. The van der Waals surface area contributed by atoms with E-state index in [1.165, 1.54) is 34.3 Å². The van der Waals surface area contributed by atoms with Crippen LogP contribution in [-0.4, -0.2) is 70.1 Å². The maximum absolute atomic E-state index is 12.2. The van der Waals surface area contributed by atoms with Crippen molar-refractivity contribution in [2.45, 2.75) is 137 Å². The summed E-state index contributed by atoms with van der Waals surface area (Å²) in [5, 5.41) is 0. The summed E-state index contributed by atoms with van der Waals surface area (Å²) in [7, 11) is -0.708. The second kappa shape index (κ2) is 42.1. The quantitative estimate of drug-likeness (QED) is 0.0105. The van der Waals surface area contributed by atoms with Crippen LogP contribution in [0.15, 0.2) is 299 Å². The maximum atomic E-state index is 12.2. The van der Waals surface area contributed by atoms with Gasteiger partial charge in [-0.1, -0.05) is 157 Å². The number of hydrogen-bond acceptors (Lipinski definition) is 12. The van der Waals surface area contributed by atoms with Crippen LogP contribution in [0.2, 0.25) is 0 Å². The molecule has 0 N–H and O–H groups in total. The van der Waals surface area contributed by atoms with Crippen molar-refractivity contribution >= 4 is 116 Å². The van der Waals surface area contributed by atoms with Gasteiger partial charge in [0.05, 0.1) is 52.5 Å². The lowest BCUT2D eigenvalue weighted by Gasteiger charge is -2.09. The fourth-order valence-corrected chi connectivity index (χ4v) is 15.7. The molecule has 18 heteroatoms. The molecule has 9 rings (SSSR count). The van der Waals surface area contributed by atoms with Crippen LogP contribution in [0.25, 0.3) is 0 Å². The number of carbonyl (C=O) groups is 6. The first-order valence-corrected chi connectivity index (χ1v) is 37.9. The van der Waals surface area contributed by atoms with Gasteiger partial charge >= 0.3 is 35.8 Å². The Balaban J connectivity index is 0.000000203. The average Bonchev–Trinajstić information content (AvgIpc) is 0.900. The Morgan fingerprint density at radius 1 is 0.271 bits per heavy atom. The lowest BCUT2D eigenvalue weighted by Crippen LogP contribution is -2.16. The first-order chi connectivity index (χ1) is 46.6. The highest BCUT2D eigenvalue weighted by Gasteiger charge is 2.31. The zero-order valence-corrected chi connectivity index (χ0v) is 60.9. The molecular formula is C78H78Br3O12S3+3. The molecule has 9 aromatic carbocycles. The van der Waals surface area contributed by atoms with Gasteiger partial charge in [-0.05, 0) is 205 Å². The van der Waals surface area contributed by atoms with Gasteiger partial charge in [-0.25, -0.2) is 0 Å². The summed E-state index contributed by atoms with van der Waals surface area (Å²) >= 11 is 9.48. The highest BCUT2D eigenvalue weighted by atomic mass is 79.9. The number of benzene rings is 9. The highest BCUT2D eigenvalue weighted by molar-refractivity contribution is 9.10. The van der Waals surface area contributed by atoms with E-state index in [-0.39, 0.29) is 102 Å². The van der Waals surface area contributed by atoms with Crippen LogP contribution in [0, 0.1) is 0 Å². The van der Waals surface area contributed by atoms with Crippen molar-refractivity contribution in [3.8, 4) is 17.2 Å². The molecular weight excluding hydrogens is 1460 g/mol. The van der Waals surface area contributed by atoms with Crippen LogP contribution in [0.3, 0.4) is 0 Å². The van der Waals surface area contributed by atoms with Crippen LogP contribution in [0.1, 0.15) is 78.6 Å². The van der Waals surface area contributed by atoms with Crippen LogP contribution < -0.4 is 14.2 Å². The van der Waals surface area contributed by atoms with Crippen LogP contribution >= 0.6 is 47.8 Å². The fraction of sp³-hybridized carbons (Fsp3) is 0.231. The number of carbonyl (C=O) groups excluding carboxylic acids is 6. The van der Waals surface area contributed by atoms with Gasteiger partial charge in [0, 0.05) is 19.3 Å². The van der Waals surface area contributed by atoms with Crippen molar-refractivity contribution in [3.63, 3.8) is 0 Å². The molecule has 498 valence electrons. The van der Waals surface area contributed by atoms with Crippen LogP contribution in [0.4, 0.5) is 0 Å². The van der Waals surface area contributed by atoms with E-state index in [0.717, 1.165) is 22.6 Å². The summed E-state index contributed by atoms with van der Waals surface area (Å²) in [6.45, 7) is 6.01. The van der Waals surface area contributed by atoms with Gasteiger partial charge in [0.15, 0.2) is 44.1 Å². The van der Waals surface area contributed by atoms with Crippen molar-refractivity contribution in [2.24, 2.45) is 0 Å². The standard InChI is InChI=1S/C27H28BrO4S.C26H26BrO4S.C25H24BrO4S/c1-21(28)27(30)31-20-10-4-9-15-26(29)32-22-16-18-25(19-17-22)33(23-11-5-2-6-12-23)24-13-7-3-8-14-24;1-20(27)26(29)30-19-9-8-14-25(28)31-21-15-17-24(18-16-21)32(22-10-4-2-5-11-22)23-12-6-3-7-13-23;1-19(26)25(28)29-18-8-13-24(27)30-20-14-16-23(17-15-20)31(21-9-4-2-5-10-21)22-11-6-3-7-12-22/h2-3,5-8,11-14,16-19,21H,4,9-10,15,20H2,1H3;2-7,10-13,15-18,20H,8-9,14,19H2,1H3;2-7,9-12,14-17,19H,8,13,18H2,1H3/q3*+1. The molecule has 0 heterocycles. The molecule has 3 unspecified atom stereocenters. The molecule has 0 amide bonds. The SMILES string of the molecule is CC(Br)C(=O)OCCCC(=O)Oc1ccc([S+](c2ccccc2)c2ccccc2)cc1.CC(Br)C(=O)OCCCCC(=O)Oc1ccc([S+](c2ccccc2)c2ccccc2)cc1.CC(Br)C(=O)OCCCCCC(=O)Oc1ccc([S+](c2ccccc2)c2ccccc2)cc1. The summed E-state index contributed by atoms with van der Waals surface area (Å²) in [5.41, 5.74) is 0. The molecule has 96 heavy (non-hydrogen) atoms. The molecule has 0 aliphatic rings. The second-order valence-corrected chi connectivity index (χ2v) is 31.6. The zero-order valence-electron chi connectivity index (χ0n) is 53.7.